The van der Waals surface area contributed by atoms with Gasteiger partial charge in [0.15, 0.2) is 5.76 Å². The number of aromatic nitrogens is 1. The van der Waals surface area contributed by atoms with Gasteiger partial charge in [-0.1, -0.05) is 0 Å². The summed E-state index contributed by atoms with van der Waals surface area (Å²) < 4.78 is 30.2. The lowest BCUT2D eigenvalue weighted by Gasteiger charge is -2.38. The summed E-state index contributed by atoms with van der Waals surface area (Å²) in [5, 5.41) is 10.0. The first kappa shape index (κ1) is 24.2. The number of piperidine rings is 1. The number of hydrogen-bond donors (Lipinski definition) is 1. The number of likely N-dealkylation sites (tertiary alicyclic amines) is 1. The van der Waals surface area contributed by atoms with Gasteiger partial charge in [0.25, 0.3) is 0 Å². The molecule has 35 heavy (non-hydrogen) atoms. The highest BCUT2D eigenvalue weighted by molar-refractivity contribution is 5.84. The Hall–Kier alpha value is -3.92. The molecule has 2 heterocycles. The molecule has 2 amide bonds. The van der Waals surface area contributed by atoms with E-state index in [2.05, 4.69) is 0 Å². The van der Waals surface area contributed by atoms with E-state index >= 15 is 0 Å². The van der Waals surface area contributed by atoms with Crippen molar-refractivity contribution in [1.29, 1.82) is 0 Å². The minimum atomic E-state index is -1.24. The van der Waals surface area contributed by atoms with Crippen LogP contribution >= 0.6 is 0 Å². The fourth-order valence-electron chi connectivity index (χ4n) is 4.25. The predicted octanol–water partition coefficient (Wildman–Crippen LogP) is 4.10. The van der Waals surface area contributed by atoms with Gasteiger partial charge in [-0.15, -0.1) is 0 Å². The minimum Gasteiger partial charge on any atom is -0.497 e. The normalized spacial score (nSPS) is 14.9. The van der Waals surface area contributed by atoms with Crippen molar-refractivity contribution in [2.75, 3.05) is 34.4 Å². The molecule has 9 nitrogen and oxygen atoms in total. The fourth-order valence-corrected chi connectivity index (χ4v) is 4.25. The second-order valence-electron chi connectivity index (χ2n) is 8.30. The number of hydrogen-bond acceptors (Lipinski definition) is 7. The van der Waals surface area contributed by atoms with Gasteiger partial charge in [0.05, 0.1) is 14.2 Å². The van der Waals surface area contributed by atoms with Crippen molar-refractivity contribution < 1.29 is 33.1 Å². The molecule has 0 radical (unpaired) electrons. The van der Waals surface area contributed by atoms with Gasteiger partial charge < -0.3 is 18.8 Å². The lowest BCUT2D eigenvalue weighted by Crippen LogP contribution is -2.51. The molecule has 0 unspecified atom stereocenters. The van der Waals surface area contributed by atoms with Crippen molar-refractivity contribution in [3.8, 4) is 28.3 Å². The van der Waals surface area contributed by atoms with Crippen molar-refractivity contribution in [3.63, 3.8) is 0 Å². The van der Waals surface area contributed by atoms with Crippen LogP contribution in [0.5, 0.6) is 5.75 Å². The van der Waals surface area contributed by atoms with E-state index in [1.165, 1.54) is 31.2 Å². The molecule has 2 aromatic carbocycles. The van der Waals surface area contributed by atoms with Crippen LogP contribution in [0.1, 0.15) is 18.7 Å². The highest BCUT2D eigenvalue weighted by Gasteiger charge is 2.49. The first-order valence-corrected chi connectivity index (χ1v) is 11.0. The molecule has 0 aliphatic carbocycles. The van der Waals surface area contributed by atoms with Crippen LogP contribution in [0.25, 0.3) is 22.6 Å². The summed E-state index contributed by atoms with van der Waals surface area (Å²) in [5.41, 5.74) is 0.547. The zero-order valence-electron chi connectivity index (χ0n) is 19.7. The molecular formula is C25H26FN3O6. The third-order valence-corrected chi connectivity index (χ3v) is 6.25. The maximum Gasteiger partial charge on any atom is 0.343 e. The average molecular weight is 483 g/mol. The highest BCUT2D eigenvalue weighted by Crippen LogP contribution is 2.42. The molecule has 0 spiro atoms. The van der Waals surface area contributed by atoms with E-state index in [1.807, 2.05) is 12.1 Å². The van der Waals surface area contributed by atoms with E-state index in [-0.39, 0.29) is 31.8 Å². The van der Waals surface area contributed by atoms with Crippen LogP contribution in [-0.4, -0.2) is 66.5 Å². The van der Waals surface area contributed by atoms with Crippen LogP contribution in [0, 0.1) is 5.82 Å². The van der Waals surface area contributed by atoms with Gasteiger partial charge in [-0.2, -0.15) is 0 Å². The second kappa shape index (κ2) is 9.75. The molecule has 184 valence electrons. The Balaban J connectivity index is 1.80. The summed E-state index contributed by atoms with van der Waals surface area (Å²) in [4.78, 5) is 31.4. The lowest BCUT2D eigenvalue weighted by atomic mass is 9.78. The number of oxazole rings is 1. The third-order valence-electron chi connectivity index (χ3n) is 6.25. The maximum absolute atomic E-state index is 13.6. The van der Waals surface area contributed by atoms with Crippen molar-refractivity contribution in [2.24, 2.45) is 0 Å². The van der Waals surface area contributed by atoms with Crippen molar-refractivity contribution in [1.82, 2.24) is 14.9 Å². The number of ether oxygens (including phenoxy) is 2. The Morgan fingerprint density at radius 2 is 1.66 bits per heavy atom. The Morgan fingerprint density at radius 1 is 1.06 bits per heavy atom. The summed E-state index contributed by atoms with van der Waals surface area (Å²) in [6.07, 6.45) is 0.370. The van der Waals surface area contributed by atoms with Crippen LogP contribution in [0.3, 0.4) is 0 Å². The molecule has 1 aliphatic heterocycles. The number of hydroxylamine groups is 2. The number of carbonyl (C=O) groups is 2. The van der Waals surface area contributed by atoms with E-state index in [4.69, 9.17) is 18.9 Å². The van der Waals surface area contributed by atoms with Gasteiger partial charge in [-0.3, -0.25) is 10.0 Å². The smallest absolute Gasteiger partial charge is 0.343 e. The van der Waals surface area contributed by atoms with Crippen molar-refractivity contribution >= 4 is 12.0 Å². The molecule has 1 fully saturated rings. The van der Waals surface area contributed by atoms with Crippen LogP contribution in [-0.2, 0) is 14.9 Å². The van der Waals surface area contributed by atoms with Gasteiger partial charge >= 0.3 is 12.0 Å². The van der Waals surface area contributed by atoms with E-state index in [1.54, 1.807) is 31.4 Å². The van der Waals surface area contributed by atoms with E-state index < -0.39 is 23.2 Å². The number of rotatable bonds is 5. The van der Waals surface area contributed by atoms with E-state index in [9.17, 15) is 19.2 Å². The second-order valence-corrected chi connectivity index (χ2v) is 8.30. The molecule has 1 aliphatic rings. The molecule has 4 rings (SSSR count). The van der Waals surface area contributed by atoms with Gasteiger partial charge in [-0.25, -0.2) is 19.2 Å². The van der Waals surface area contributed by atoms with Gasteiger partial charge in [0.2, 0.25) is 5.89 Å². The summed E-state index contributed by atoms with van der Waals surface area (Å²) >= 11 is 0. The first-order valence-electron chi connectivity index (χ1n) is 11.0. The Morgan fingerprint density at radius 3 is 2.20 bits per heavy atom. The monoisotopic (exact) mass is 483 g/mol. The number of halogens is 1. The number of methoxy groups -OCH3 is 2. The molecule has 0 atom stereocenters. The SMILES string of the molecule is COC(=O)C1(c2nc(-c3ccc(OC)cc3)c(-c3ccc(F)cc3)o2)CCN(C(=O)N(C)O)CC1. The lowest BCUT2D eigenvalue weighted by molar-refractivity contribution is -0.150. The standard InChI is InChI=1S/C25H26FN3O6/c1-28(32)24(31)29-14-12-25(13-15-29,23(30)34-3)22-27-20(16-6-10-19(33-2)11-7-16)21(35-22)17-4-8-18(26)9-5-17/h4-11,32H,12-15H2,1-3H3. The predicted molar refractivity (Wildman–Crippen MR) is 123 cm³/mol. The highest BCUT2D eigenvalue weighted by atomic mass is 19.1. The number of urea groups is 1. The number of esters is 1. The summed E-state index contributed by atoms with van der Waals surface area (Å²) in [6.45, 7) is 0.371. The average Bonchev–Trinajstić information content (AvgIpc) is 3.34. The summed E-state index contributed by atoms with van der Waals surface area (Å²) in [6, 6.07) is 12.4. The quantitative estimate of drug-likeness (QED) is 0.331. The Labute approximate surface area is 201 Å². The number of benzene rings is 2. The number of nitrogens with zero attached hydrogens (tertiary/aromatic N) is 3. The Kier molecular flexibility index (Phi) is 6.74. The van der Waals surface area contributed by atoms with Gasteiger partial charge in [0.1, 0.15) is 22.7 Å². The minimum absolute atomic E-state index is 0.152. The summed E-state index contributed by atoms with van der Waals surface area (Å²) in [7, 11) is 4.10. The third kappa shape index (κ3) is 4.57. The molecular weight excluding hydrogens is 457 g/mol. The molecule has 3 aromatic rings. The van der Waals surface area contributed by atoms with Crippen LogP contribution in [0.2, 0.25) is 0 Å². The maximum atomic E-state index is 13.6. The van der Waals surface area contributed by atoms with Crippen molar-refractivity contribution in [3.05, 3.63) is 60.2 Å². The van der Waals surface area contributed by atoms with Crippen LogP contribution in [0.15, 0.2) is 52.9 Å². The number of amides is 2. The van der Waals surface area contributed by atoms with Crippen molar-refractivity contribution in [2.45, 2.75) is 18.3 Å². The molecule has 1 N–H and O–H groups in total. The van der Waals surface area contributed by atoms with Gasteiger partial charge in [-0.05, 0) is 61.4 Å². The van der Waals surface area contributed by atoms with E-state index in [0.717, 1.165) is 5.56 Å². The first-order chi connectivity index (χ1) is 16.8. The molecule has 0 bridgehead atoms. The fraction of sp³-hybridized carbons (Fsp3) is 0.320. The van der Waals surface area contributed by atoms with Gasteiger partial charge in [0, 0.05) is 31.3 Å². The molecule has 1 saturated heterocycles. The molecule has 10 heteroatoms. The summed E-state index contributed by atoms with van der Waals surface area (Å²) in [5.74, 6) is 0.269. The topological polar surface area (TPSA) is 105 Å². The zero-order chi connectivity index (χ0) is 25.2. The zero-order valence-corrected chi connectivity index (χ0v) is 19.7. The molecule has 1 aromatic heterocycles. The number of carbonyl (C=O) groups excluding carboxylic acids is 2. The van der Waals surface area contributed by atoms with E-state index in [0.29, 0.717) is 27.8 Å². The molecule has 0 saturated carbocycles. The van der Waals surface area contributed by atoms with Crippen LogP contribution in [0.4, 0.5) is 9.18 Å². The Bertz CT molecular complexity index is 1200. The largest absolute Gasteiger partial charge is 0.497 e. The van der Waals surface area contributed by atoms with Crippen LogP contribution < -0.4 is 4.74 Å².